The van der Waals surface area contributed by atoms with Gasteiger partial charge in [0.1, 0.15) is 0 Å². The summed E-state index contributed by atoms with van der Waals surface area (Å²) >= 11 is 0. The Hall–Kier alpha value is -1.06. The van der Waals surface area contributed by atoms with E-state index in [1.807, 2.05) is 4.90 Å². The van der Waals surface area contributed by atoms with Gasteiger partial charge in [0.15, 0.2) is 0 Å². The Morgan fingerprint density at radius 3 is 1.93 bits per heavy atom. The van der Waals surface area contributed by atoms with Crippen LogP contribution in [0, 0.1) is 11.8 Å². The SMILES string of the molecule is CC(=O)N1CCN(C(=O)C2CC2C)CC1. The lowest BCUT2D eigenvalue weighted by Crippen LogP contribution is -2.50. The van der Waals surface area contributed by atoms with Gasteiger partial charge in [0, 0.05) is 39.0 Å². The van der Waals surface area contributed by atoms with Gasteiger partial charge in [0.05, 0.1) is 0 Å². The molecule has 0 bridgehead atoms. The molecule has 2 amide bonds. The summed E-state index contributed by atoms with van der Waals surface area (Å²) in [6, 6.07) is 0. The van der Waals surface area contributed by atoms with Gasteiger partial charge in [-0.3, -0.25) is 9.59 Å². The lowest BCUT2D eigenvalue weighted by molar-refractivity contribution is -0.139. The third kappa shape index (κ3) is 2.13. The number of amides is 2. The minimum atomic E-state index is 0.113. The summed E-state index contributed by atoms with van der Waals surface area (Å²) in [7, 11) is 0. The number of hydrogen-bond donors (Lipinski definition) is 0. The molecule has 1 aliphatic heterocycles. The molecule has 2 fully saturated rings. The van der Waals surface area contributed by atoms with Gasteiger partial charge in [0.2, 0.25) is 11.8 Å². The summed E-state index contributed by atoms with van der Waals surface area (Å²) in [6.07, 6.45) is 1.05. The smallest absolute Gasteiger partial charge is 0.226 e. The van der Waals surface area contributed by atoms with Gasteiger partial charge in [-0.2, -0.15) is 0 Å². The van der Waals surface area contributed by atoms with E-state index in [1.54, 1.807) is 11.8 Å². The zero-order chi connectivity index (χ0) is 11.0. The van der Waals surface area contributed by atoms with Gasteiger partial charge in [-0.15, -0.1) is 0 Å². The topological polar surface area (TPSA) is 40.6 Å². The molecule has 2 aliphatic rings. The first-order valence-electron chi connectivity index (χ1n) is 5.64. The van der Waals surface area contributed by atoms with E-state index >= 15 is 0 Å². The Morgan fingerprint density at radius 2 is 1.53 bits per heavy atom. The predicted octanol–water partition coefficient (Wildman–Crippen LogP) is 0.333. The van der Waals surface area contributed by atoms with E-state index in [9.17, 15) is 9.59 Å². The molecule has 1 saturated heterocycles. The summed E-state index contributed by atoms with van der Waals surface area (Å²) < 4.78 is 0. The highest BCUT2D eigenvalue weighted by Crippen LogP contribution is 2.39. The van der Waals surface area contributed by atoms with Crippen molar-refractivity contribution in [2.24, 2.45) is 11.8 Å². The molecule has 1 saturated carbocycles. The molecular formula is C11H18N2O2. The van der Waals surface area contributed by atoms with Gasteiger partial charge < -0.3 is 9.80 Å². The Morgan fingerprint density at radius 1 is 1.07 bits per heavy atom. The largest absolute Gasteiger partial charge is 0.339 e. The van der Waals surface area contributed by atoms with Crippen LogP contribution in [0.2, 0.25) is 0 Å². The first-order valence-corrected chi connectivity index (χ1v) is 5.64. The Bertz CT molecular complexity index is 282. The average molecular weight is 210 g/mol. The molecule has 0 N–H and O–H groups in total. The fourth-order valence-electron chi connectivity index (χ4n) is 2.14. The van der Waals surface area contributed by atoms with Gasteiger partial charge in [0.25, 0.3) is 0 Å². The summed E-state index contributed by atoms with van der Waals surface area (Å²) in [5.74, 6) is 1.25. The van der Waals surface area contributed by atoms with E-state index in [2.05, 4.69) is 6.92 Å². The van der Waals surface area contributed by atoms with Crippen LogP contribution in [-0.4, -0.2) is 47.8 Å². The van der Waals surface area contributed by atoms with Crippen molar-refractivity contribution >= 4 is 11.8 Å². The van der Waals surface area contributed by atoms with Crippen molar-refractivity contribution < 1.29 is 9.59 Å². The summed E-state index contributed by atoms with van der Waals surface area (Å²) in [4.78, 5) is 26.7. The van der Waals surface area contributed by atoms with Crippen LogP contribution in [0.15, 0.2) is 0 Å². The fourth-order valence-corrected chi connectivity index (χ4v) is 2.14. The van der Waals surface area contributed by atoms with E-state index in [0.717, 1.165) is 6.42 Å². The molecule has 4 heteroatoms. The minimum absolute atomic E-state index is 0.113. The Balaban J connectivity index is 1.83. The van der Waals surface area contributed by atoms with Crippen molar-refractivity contribution in [2.75, 3.05) is 26.2 Å². The molecule has 2 unspecified atom stereocenters. The van der Waals surface area contributed by atoms with E-state index in [-0.39, 0.29) is 11.8 Å². The van der Waals surface area contributed by atoms with E-state index in [1.165, 1.54) is 0 Å². The lowest BCUT2D eigenvalue weighted by Gasteiger charge is -2.34. The molecule has 0 radical (unpaired) electrons. The van der Waals surface area contributed by atoms with Crippen molar-refractivity contribution in [2.45, 2.75) is 20.3 Å². The first kappa shape index (κ1) is 10.5. The minimum Gasteiger partial charge on any atom is -0.339 e. The van der Waals surface area contributed by atoms with E-state index in [0.29, 0.717) is 38.0 Å². The molecule has 0 aromatic rings. The maximum absolute atomic E-state index is 11.9. The molecule has 0 aromatic carbocycles. The fraction of sp³-hybridized carbons (Fsp3) is 0.818. The van der Waals surface area contributed by atoms with Crippen LogP contribution in [0.4, 0.5) is 0 Å². The highest BCUT2D eigenvalue weighted by atomic mass is 16.2. The number of nitrogens with zero attached hydrogens (tertiary/aromatic N) is 2. The zero-order valence-corrected chi connectivity index (χ0v) is 9.40. The number of piperazine rings is 1. The molecule has 1 heterocycles. The van der Waals surface area contributed by atoms with Gasteiger partial charge >= 0.3 is 0 Å². The molecule has 2 rings (SSSR count). The molecule has 15 heavy (non-hydrogen) atoms. The summed E-state index contributed by atoms with van der Waals surface area (Å²) in [5.41, 5.74) is 0. The normalized spacial score (nSPS) is 30.3. The highest BCUT2D eigenvalue weighted by Gasteiger charge is 2.41. The third-order valence-electron chi connectivity index (χ3n) is 3.46. The van der Waals surface area contributed by atoms with Crippen molar-refractivity contribution in [3.05, 3.63) is 0 Å². The molecular weight excluding hydrogens is 192 g/mol. The molecule has 84 valence electrons. The summed E-state index contributed by atoms with van der Waals surface area (Å²) in [5, 5.41) is 0. The van der Waals surface area contributed by atoms with Gasteiger partial charge in [-0.25, -0.2) is 0 Å². The van der Waals surface area contributed by atoms with Crippen LogP contribution in [0.5, 0.6) is 0 Å². The van der Waals surface area contributed by atoms with Crippen molar-refractivity contribution in [1.29, 1.82) is 0 Å². The second kappa shape index (κ2) is 3.83. The van der Waals surface area contributed by atoms with E-state index in [4.69, 9.17) is 0 Å². The summed E-state index contributed by atoms with van der Waals surface area (Å²) in [6.45, 7) is 6.52. The molecule has 1 aliphatic carbocycles. The predicted molar refractivity (Wildman–Crippen MR) is 56.1 cm³/mol. The molecule has 2 atom stereocenters. The number of hydrogen-bond acceptors (Lipinski definition) is 2. The van der Waals surface area contributed by atoms with Crippen LogP contribution in [0.3, 0.4) is 0 Å². The second-order valence-electron chi connectivity index (χ2n) is 4.65. The van der Waals surface area contributed by atoms with Crippen molar-refractivity contribution in [3.8, 4) is 0 Å². The number of rotatable bonds is 1. The second-order valence-corrected chi connectivity index (χ2v) is 4.65. The van der Waals surface area contributed by atoms with Gasteiger partial charge in [-0.1, -0.05) is 6.92 Å². The number of carbonyl (C=O) groups excluding carboxylic acids is 2. The van der Waals surface area contributed by atoms with Crippen molar-refractivity contribution in [3.63, 3.8) is 0 Å². The first-order chi connectivity index (χ1) is 7.09. The van der Waals surface area contributed by atoms with Crippen LogP contribution >= 0.6 is 0 Å². The standard InChI is InChI=1S/C11H18N2O2/c1-8-7-10(8)11(15)13-5-3-12(4-6-13)9(2)14/h8,10H,3-7H2,1-2H3. The number of carbonyl (C=O) groups is 2. The molecule has 0 spiro atoms. The Labute approximate surface area is 90.2 Å². The van der Waals surface area contributed by atoms with Gasteiger partial charge in [-0.05, 0) is 12.3 Å². The zero-order valence-electron chi connectivity index (χ0n) is 9.40. The van der Waals surface area contributed by atoms with Crippen LogP contribution in [0.25, 0.3) is 0 Å². The molecule has 0 aromatic heterocycles. The highest BCUT2D eigenvalue weighted by molar-refractivity contribution is 5.82. The monoisotopic (exact) mass is 210 g/mol. The van der Waals surface area contributed by atoms with E-state index < -0.39 is 0 Å². The van der Waals surface area contributed by atoms with Crippen LogP contribution in [0.1, 0.15) is 20.3 Å². The molecule has 4 nitrogen and oxygen atoms in total. The Kier molecular flexibility index (Phi) is 2.67. The van der Waals surface area contributed by atoms with Crippen LogP contribution in [-0.2, 0) is 9.59 Å². The third-order valence-corrected chi connectivity index (χ3v) is 3.46. The van der Waals surface area contributed by atoms with Crippen molar-refractivity contribution in [1.82, 2.24) is 9.80 Å². The maximum atomic E-state index is 11.9. The lowest BCUT2D eigenvalue weighted by atomic mass is 10.2. The van der Waals surface area contributed by atoms with Crippen LogP contribution < -0.4 is 0 Å². The quantitative estimate of drug-likeness (QED) is 0.626. The maximum Gasteiger partial charge on any atom is 0.226 e. The average Bonchev–Trinajstić information content (AvgIpc) is 2.94.